The fourth-order valence-electron chi connectivity index (χ4n) is 2.32. The Morgan fingerprint density at radius 1 is 1.00 bits per heavy atom. The van der Waals surface area contributed by atoms with E-state index in [4.69, 9.17) is 4.43 Å². The fourth-order valence-corrected chi connectivity index (χ4v) is 4.92. The highest BCUT2D eigenvalue weighted by atomic mass is 28.4. The van der Waals surface area contributed by atoms with Gasteiger partial charge in [0.1, 0.15) is 5.76 Å². The summed E-state index contributed by atoms with van der Waals surface area (Å²) in [6.45, 7) is 11.1. The summed E-state index contributed by atoms with van der Waals surface area (Å²) in [5.41, 5.74) is 2.52. The molecule has 0 aromatic heterocycles. The molecule has 0 spiro atoms. The average molecular weight is 276 g/mol. The molecule has 106 valence electrons. The lowest BCUT2D eigenvalue weighted by Gasteiger charge is -2.30. The van der Waals surface area contributed by atoms with E-state index in [-0.39, 0.29) is 0 Å². The van der Waals surface area contributed by atoms with Crippen molar-refractivity contribution in [1.82, 2.24) is 0 Å². The summed E-state index contributed by atoms with van der Waals surface area (Å²) in [6, 6.07) is 12.2. The van der Waals surface area contributed by atoms with Crippen LogP contribution in [0.3, 0.4) is 0 Å². The summed E-state index contributed by atoms with van der Waals surface area (Å²) in [7, 11) is -1.58. The summed E-state index contributed by atoms with van der Waals surface area (Å²) in [4.78, 5) is 0. The number of rotatable bonds is 7. The molecule has 0 amide bonds. The average Bonchev–Trinajstić information content (AvgIpc) is 2.45. The van der Waals surface area contributed by atoms with Crippen LogP contribution in [0.15, 0.2) is 30.3 Å². The van der Waals surface area contributed by atoms with Gasteiger partial charge in [0.2, 0.25) is 8.32 Å². The highest BCUT2D eigenvalue weighted by molar-refractivity contribution is 6.74. The summed E-state index contributed by atoms with van der Waals surface area (Å²) in [5, 5.41) is 0. The van der Waals surface area contributed by atoms with Crippen LogP contribution in [-0.4, -0.2) is 8.32 Å². The predicted octanol–water partition coefficient (Wildman–Crippen LogP) is 5.77. The maximum absolute atomic E-state index is 6.55. The smallest absolute Gasteiger partial charge is 0.250 e. The molecule has 0 saturated carbocycles. The molecule has 0 aliphatic carbocycles. The van der Waals surface area contributed by atoms with Crippen LogP contribution in [0.4, 0.5) is 0 Å². The third kappa shape index (κ3) is 4.24. The zero-order valence-electron chi connectivity index (χ0n) is 13.1. The molecular weight excluding hydrogens is 248 g/mol. The molecule has 0 heterocycles. The van der Waals surface area contributed by atoms with E-state index in [1.165, 1.54) is 29.3 Å². The van der Waals surface area contributed by atoms with Crippen LogP contribution in [0.25, 0.3) is 5.76 Å². The maximum Gasteiger partial charge on any atom is 0.250 e. The molecule has 0 N–H and O–H groups in total. The van der Waals surface area contributed by atoms with Crippen molar-refractivity contribution in [2.24, 2.45) is 0 Å². The van der Waals surface area contributed by atoms with Crippen LogP contribution >= 0.6 is 0 Å². The largest absolute Gasteiger partial charge is 0.543 e. The molecule has 1 aromatic carbocycles. The van der Waals surface area contributed by atoms with Crippen molar-refractivity contribution in [2.45, 2.75) is 59.2 Å². The first-order chi connectivity index (χ1) is 9.10. The molecule has 2 heteroatoms. The van der Waals surface area contributed by atoms with Crippen LogP contribution < -0.4 is 0 Å². The highest BCUT2D eigenvalue weighted by Crippen LogP contribution is 2.29. The second-order valence-electron chi connectivity index (χ2n) is 5.19. The van der Waals surface area contributed by atoms with Gasteiger partial charge in [-0.3, -0.25) is 0 Å². The topological polar surface area (TPSA) is 9.23 Å². The van der Waals surface area contributed by atoms with Gasteiger partial charge in [0.25, 0.3) is 0 Å². The van der Waals surface area contributed by atoms with Crippen LogP contribution in [-0.2, 0) is 4.43 Å². The molecule has 1 aromatic rings. The molecule has 0 aliphatic rings. The number of hydrogen-bond donors (Lipinski definition) is 0. The van der Waals surface area contributed by atoms with Gasteiger partial charge in [-0.05, 0) is 37.6 Å². The minimum atomic E-state index is -1.58. The lowest BCUT2D eigenvalue weighted by atomic mass is 10.1. The summed E-state index contributed by atoms with van der Waals surface area (Å²) in [6.07, 6.45) is 3.25. The quantitative estimate of drug-likeness (QED) is 0.454. The van der Waals surface area contributed by atoms with Gasteiger partial charge < -0.3 is 4.43 Å². The molecule has 19 heavy (non-hydrogen) atoms. The molecule has 0 fully saturated rings. The molecule has 0 radical (unpaired) electrons. The molecule has 1 nitrogen and oxygen atoms in total. The molecule has 0 atom stereocenters. The molecule has 0 aliphatic heterocycles. The van der Waals surface area contributed by atoms with E-state index in [0.717, 1.165) is 12.2 Å². The Morgan fingerprint density at radius 3 is 1.95 bits per heavy atom. The van der Waals surface area contributed by atoms with E-state index >= 15 is 0 Å². The van der Waals surface area contributed by atoms with Crippen LogP contribution in [0.5, 0.6) is 0 Å². The molecule has 1 rings (SSSR count). The highest BCUT2D eigenvalue weighted by Gasteiger charge is 2.31. The number of allylic oxidation sites excluding steroid dienone is 1. The van der Waals surface area contributed by atoms with Gasteiger partial charge in [-0.15, -0.1) is 0 Å². The van der Waals surface area contributed by atoms with Crippen LogP contribution in [0.2, 0.25) is 18.1 Å². The van der Waals surface area contributed by atoms with E-state index in [1.807, 2.05) is 0 Å². The van der Waals surface area contributed by atoms with Gasteiger partial charge in [-0.1, -0.05) is 57.5 Å². The van der Waals surface area contributed by atoms with Crippen molar-refractivity contribution < 1.29 is 4.43 Å². The van der Waals surface area contributed by atoms with Crippen LogP contribution in [0, 0.1) is 6.92 Å². The minimum Gasteiger partial charge on any atom is -0.543 e. The van der Waals surface area contributed by atoms with Crippen LogP contribution in [0.1, 0.15) is 45.2 Å². The van der Waals surface area contributed by atoms with Crippen molar-refractivity contribution in [3.8, 4) is 0 Å². The third-order valence-electron chi connectivity index (χ3n) is 3.99. The zero-order valence-corrected chi connectivity index (χ0v) is 14.1. The number of aryl methyl sites for hydroxylation is 1. The summed E-state index contributed by atoms with van der Waals surface area (Å²) < 4.78 is 6.55. The molecule has 0 bridgehead atoms. The molecule has 0 saturated heterocycles. The second-order valence-corrected chi connectivity index (χ2v) is 9.88. The fraction of sp³-hybridized carbons (Fsp3) is 0.529. The third-order valence-corrected chi connectivity index (χ3v) is 8.50. The van der Waals surface area contributed by atoms with Crippen molar-refractivity contribution in [2.75, 3.05) is 0 Å². The standard InChI is InChI=1S/C17H28OSi/c1-6-10-17(16-13-11-15(5)12-14-16)18-19(7-2,8-3)9-4/h10-14H,6-9H2,1-5H3/b17-10-. The van der Waals surface area contributed by atoms with E-state index in [0.29, 0.717) is 0 Å². The Bertz CT molecular complexity index is 394. The van der Waals surface area contributed by atoms with Gasteiger partial charge in [-0.25, -0.2) is 0 Å². The lowest BCUT2D eigenvalue weighted by molar-refractivity contribution is 0.489. The van der Waals surface area contributed by atoms with Gasteiger partial charge >= 0.3 is 0 Å². The van der Waals surface area contributed by atoms with Gasteiger partial charge in [0.05, 0.1) is 0 Å². The Labute approximate surface area is 119 Å². The van der Waals surface area contributed by atoms with Gasteiger partial charge in [0.15, 0.2) is 0 Å². The SMILES string of the molecule is CC/C=C(\O[Si](CC)(CC)CC)c1ccc(C)cc1. The van der Waals surface area contributed by atoms with Crippen molar-refractivity contribution in [3.05, 3.63) is 41.5 Å². The first-order valence-corrected chi connectivity index (χ1v) is 10.1. The Kier molecular flexibility index (Phi) is 6.36. The Balaban J connectivity index is 3.02. The monoisotopic (exact) mass is 276 g/mol. The van der Waals surface area contributed by atoms with Crippen molar-refractivity contribution in [1.29, 1.82) is 0 Å². The van der Waals surface area contributed by atoms with E-state index < -0.39 is 8.32 Å². The number of benzene rings is 1. The Morgan fingerprint density at radius 2 is 1.53 bits per heavy atom. The van der Waals surface area contributed by atoms with Crippen molar-refractivity contribution in [3.63, 3.8) is 0 Å². The first-order valence-electron chi connectivity index (χ1n) is 7.57. The molecule has 0 unspecified atom stereocenters. The summed E-state index contributed by atoms with van der Waals surface area (Å²) in [5.74, 6) is 1.10. The van der Waals surface area contributed by atoms with E-state index in [2.05, 4.69) is 65.0 Å². The number of hydrogen-bond acceptors (Lipinski definition) is 1. The minimum absolute atomic E-state index is 1.02. The van der Waals surface area contributed by atoms with Gasteiger partial charge in [0, 0.05) is 5.56 Å². The normalized spacial score (nSPS) is 12.6. The van der Waals surface area contributed by atoms with Gasteiger partial charge in [-0.2, -0.15) is 0 Å². The lowest BCUT2D eigenvalue weighted by Crippen LogP contribution is -2.35. The predicted molar refractivity (Wildman–Crippen MR) is 87.7 cm³/mol. The maximum atomic E-state index is 6.55. The summed E-state index contributed by atoms with van der Waals surface area (Å²) >= 11 is 0. The molecular formula is C17H28OSi. The first kappa shape index (κ1) is 16.0. The second kappa shape index (κ2) is 7.54. The van der Waals surface area contributed by atoms with E-state index in [9.17, 15) is 0 Å². The van der Waals surface area contributed by atoms with E-state index in [1.54, 1.807) is 0 Å². The van der Waals surface area contributed by atoms with Crippen molar-refractivity contribution >= 4 is 14.1 Å². The Hall–Kier alpha value is -1.02. The zero-order chi connectivity index (χ0) is 14.3.